The van der Waals surface area contributed by atoms with E-state index < -0.39 is 26.5 Å². The zero-order valence-electron chi connectivity index (χ0n) is 21.1. The molecule has 9 heteroatoms. The largest absolute Gasteiger partial charge is 0.472 e. The Hall–Kier alpha value is -1.02. The Bertz CT molecular complexity index is 584. The van der Waals surface area contributed by atoms with Crippen molar-refractivity contribution in [3.05, 3.63) is 24.3 Å². The molecule has 0 aliphatic heterocycles. The van der Waals surface area contributed by atoms with Crippen LogP contribution in [0.2, 0.25) is 0 Å². The van der Waals surface area contributed by atoms with Gasteiger partial charge >= 0.3 is 13.8 Å². The maximum Gasteiger partial charge on any atom is 0.472 e. The molecular weight excluding hydrogens is 457 g/mol. The first kappa shape index (κ1) is 33.0. The maximum absolute atomic E-state index is 11.7. The minimum atomic E-state index is -4.25. The molecule has 0 spiro atoms. The van der Waals surface area contributed by atoms with Crippen LogP contribution in [0.3, 0.4) is 0 Å². The van der Waals surface area contributed by atoms with Crippen molar-refractivity contribution >= 4 is 13.8 Å². The summed E-state index contributed by atoms with van der Waals surface area (Å²) in [7, 11) is -4.25. The Kier molecular flexibility index (Phi) is 23.0. The molecule has 34 heavy (non-hydrogen) atoms. The molecule has 4 N–H and O–H groups in total. The lowest BCUT2D eigenvalue weighted by molar-refractivity contribution is -0.147. The van der Waals surface area contributed by atoms with Gasteiger partial charge in [-0.15, -0.1) is 0 Å². The number of carbonyl (C=O) groups is 1. The number of ether oxygens (including phenoxy) is 1. The monoisotopic (exact) mass is 505 g/mol. The number of phosphoric ester groups is 1. The number of allylic oxidation sites excluding steroid dienone is 4. The number of esters is 1. The summed E-state index contributed by atoms with van der Waals surface area (Å²) in [6.07, 6.45) is 23.2. The third-order valence-corrected chi connectivity index (χ3v) is 6.05. The summed E-state index contributed by atoms with van der Waals surface area (Å²) >= 11 is 0. The highest BCUT2D eigenvalue weighted by Gasteiger charge is 2.22. The van der Waals surface area contributed by atoms with Crippen molar-refractivity contribution < 1.29 is 33.1 Å². The van der Waals surface area contributed by atoms with Gasteiger partial charge in [-0.05, 0) is 32.1 Å². The van der Waals surface area contributed by atoms with E-state index in [1.54, 1.807) is 0 Å². The molecule has 0 aromatic rings. The van der Waals surface area contributed by atoms with Crippen LogP contribution >= 0.6 is 7.82 Å². The average Bonchev–Trinajstić information content (AvgIpc) is 2.82. The van der Waals surface area contributed by atoms with E-state index >= 15 is 0 Å². The van der Waals surface area contributed by atoms with Crippen LogP contribution in [0.25, 0.3) is 0 Å². The highest BCUT2D eigenvalue weighted by molar-refractivity contribution is 7.47. The van der Waals surface area contributed by atoms with E-state index in [2.05, 4.69) is 40.3 Å². The number of unbranched alkanes of at least 4 members (excludes halogenated alkanes) is 10. The fraction of sp³-hybridized carbons (Fsp3) is 0.800. The molecule has 200 valence electrons. The predicted octanol–water partition coefficient (Wildman–Crippen LogP) is 5.58. The second-order valence-corrected chi connectivity index (χ2v) is 9.86. The van der Waals surface area contributed by atoms with E-state index in [4.69, 9.17) is 10.5 Å². The van der Waals surface area contributed by atoms with Gasteiger partial charge in [0.1, 0.15) is 12.7 Å². The highest BCUT2D eigenvalue weighted by Crippen LogP contribution is 2.42. The fourth-order valence-electron chi connectivity index (χ4n) is 3.14. The van der Waals surface area contributed by atoms with E-state index in [0.717, 1.165) is 19.3 Å². The van der Waals surface area contributed by atoms with Gasteiger partial charge in [0.05, 0.1) is 13.2 Å². The molecule has 0 bridgehead atoms. The minimum absolute atomic E-state index is 0.0688. The SMILES string of the molecule is CCCCCCCCCCC/C=C/C/C=C/CCCC(=O)OC[C@@H](O)COP(=O)(O)OCCN. The molecule has 0 radical (unpaired) electrons. The van der Waals surface area contributed by atoms with Crippen molar-refractivity contribution in [3.8, 4) is 0 Å². The number of aliphatic hydroxyl groups is 1. The number of rotatable bonds is 24. The zero-order valence-corrected chi connectivity index (χ0v) is 22.0. The van der Waals surface area contributed by atoms with Gasteiger partial charge in [0, 0.05) is 13.0 Å². The van der Waals surface area contributed by atoms with Gasteiger partial charge < -0.3 is 20.5 Å². The first-order valence-electron chi connectivity index (χ1n) is 12.9. The second-order valence-electron chi connectivity index (χ2n) is 8.41. The zero-order chi connectivity index (χ0) is 25.3. The van der Waals surface area contributed by atoms with Crippen LogP contribution in [0.5, 0.6) is 0 Å². The van der Waals surface area contributed by atoms with Gasteiger partial charge in [0.25, 0.3) is 0 Å². The number of nitrogens with two attached hydrogens (primary N) is 1. The molecule has 0 amide bonds. The molecule has 2 atom stereocenters. The number of hydrogen-bond acceptors (Lipinski definition) is 7. The molecule has 0 aromatic carbocycles. The van der Waals surface area contributed by atoms with Crippen molar-refractivity contribution in [3.63, 3.8) is 0 Å². The highest BCUT2D eigenvalue weighted by atomic mass is 31.2. The van der Waals surface area contributed by atoms with Crippen LogP contribution in [-0.4, -0.2) is 48.4 Å². The summed E-state index contributed by atoms with van der Waals surface area (Å²) in [5.74, 6) is -0.431. The Balaban J connectivity index is 3.56. The number of aliphatic hydroxyl groups excluding tert-OH is 1. The molecule has 0 rings (SSSR count). The number of hydrogen-bond donors (Lipinski definition) is 3. The molecule has 0 saturated heterocycles. The topological polar surface area (TPSA) is 128 Å². The van der Waals surface area contributed by atoms with E-state index in [-0.39, 0.29) is 26.2 Å². The van der Waals surface area contributed by atoms with E-state index in [9.17, 15) is 19.4 Å². The maximum atomic E-state index is 11.7. The molecule has 0 aromatic heterocycles. The second kappa shape index (κ2) is 23.7. The molecule has 0 saturated carbocycles. The van der Waals surface area contributed by atoms with Gasteiger partial charge in [0.15, 0.2) is 0 Å². The molecule has 1 unspecified atom stereocenters. The van der Waals surface area contributed by atoms with Crippen molar-refractivity contribution in [2.75, 3.05) is 26.4 Å². The molecule has 0 aliphatic carbocycles. The Morgan fingerprint density at radius 2 is 1.47 bits per heavy atom. The summed E-state index contributed by atoms with van der Waals surface area (Å²) in [4.78, 5) is 21.0. The van der Waals surface area contributed by atoms with Crippen LogP contribution in [-0.2, 0) is 23.1 Å². The summed E-state index contributed by atoms with van der Waals surface area (Å²) in [6.45, 7) is 1.39. The number of carbonyl (C=O) groups excluding carboxylic acids is 1. The third-order valence-electron chi connectivity index (χ3n) is 5.07. The lowest BCUT2D eigenvalue weighted by Gasteiger charge is -2.15. The normalized spacial score (nSPS) is 14.6. The molecular formula is C25H48NO7P. The van der Waals surface area contributed by atoms with Crippen LogP contribution < -0.4 is 5.73 Å². The van der Waals surface area contributed by atoms with Crippen molar-refractivity contribution in [2.24, 2.45) is 5.73 Å². The van der Waals surface area contributed by atoms with E-state index in [1.165, 1.54) is 57.8 Å². The Labute approximate surface area is 206 Å². The van der Waals surface area contributed by atoms with Gasteiger partial charge in [-0.25, -0.2) is 4.57 Å². The molecule has 0 heterocycles. The summed E-state index contributed by atoms with van der Waals surface area (Å²) in [5, 5.41) is 9.67. The summed E-state index contributed by atoms with van der Waals surface area (Å²) in [6, 6.07) is 0. The van der Waals surface area contributed by atoms with Crippen LogP contribution in [0.15, 0.2) is 24.3 Å². The van der Waals surface area contributed by atoms with E-state index in [1.807, 2.05) is 0 Å². The molecule has 0 aliphatic rings. The van der Waals surface area contributed by atoms with Gasteiger partial charge in [-0.2, -0.15) is 0 Å². The van der Waals surface area contributed by atoms with Crippen molar-refractivity contribution in [1.82, 2.24) is 0 Å². The number of phosphoric acid groups is 1. The predicted molar refractivity (Wildman–Crippen MR) is 136 cm³/mol. The Morgan fingerprint density at radius 3 is 2.09 bits per heavy atom. The Morgan fingerprint density at radius 1 is 0.882 bits per heavy atom. The van der Waals surface area contributed by atoms with Crippen molar-refractivity contribution in [1.29, 1.82) is 0 Å². The van der Waals surface area contributed by atoms with Gasteiger partial charge in [-0.3, -0.25) is 13.8 Å². The van der Waals surface area contributed by atoms with Crippen LogP contribution in [0.4, 0.5) is 0 Å². The average molecular weight is 506 g/mol. The lowest BCUT2D eigenvalue weighted by atomic mass is 10.1. The minimum Gasteiger partial charge on any atom is -0.463 e. The lowest BCUT2D eigenvalue weighted by Crippen LogP contribution is -2.23. The quantitative estimate of drug-likeness (QED) is 0.0671. The standard InChI is InChI=1S/C25H48NO7P/c1-2-3-4-5-6-7-8-9-10-11-12-13-14-15-16-17-18-19-25(28)31-22-24(27)23-33-34(29,30)32-21-20-26/h12-13,15-16,24,27H,2-11,14,17-23,26H2,1H3,(H,29,30)/b13-12+,16-15+/t24-/m1/s1. The molecule has 8 nitrogen and oxygen atoms in total. The fourth-order valence-corrected chi connectivity index (χ4v) is 3.91. The van der Waals surface area contributed by atoms with Gasteiger partial charge in [0.2, 0.25) is 0 Å². The van der Waals surface area contributed by atoms with Crippen molar-refractivity contribution in [2.45, 2.75) is 103 Å². The van der Waals surface area contributed by atoms with Crippen LogP contribution in [0, 0.1) is 0 Å². The smallest absolute Gasteiger partial charge is 0.463 e. The molecule has 0 fully saturated rings. The van der Waals surface area contributed by atoms with Gasteiger partial charge in [-0.1, -0.05) is 82.6 Å². The first-order valence-corrected chi connectivity index (χ1v) is 14.4. The third kappa shape index (κ3) is 24.1. The summed E-state index contributed by atoms with van der Waals surface area (Å²) < 4.78 is 25.5. The first-order chi connectivity index (χ1) is 16.4. The summed E-state index contributed by atoms with van der Waals surface area (Å²) in [5.41, 5.74) is 5.17. The van der Waals surface area contributed by atoms with E-state index in [0.29, 0.717) is 6.42 Å². The van der Waals surface area contributed by atoms with Crippen LogP contribution in [0.1, 0.15) is 96.8 Å².